The van der Waals surface area contributed by atoms with Crippen molar-refractivity contribution in [1.82, 2.24) is 4.57 Å². The van der Waals surface area contributed by atoms with Gasteiger partial charge in [-0.1, -0.05) is 146 Å². The van der Waals surface area contributed by atoms with Crippen LogP contribution < -0.4 is 9.80 Å². The van der Waals surface area contributed by atoms with E-state index in [1.165, 1.54) is 53.1 Å². The molecule has 0 aliphatic carbocycles. The van der Waals surface area contributed by atoms with Gasteiger partial charge in [0.15, 0.2) is 0 Å². The van der Waals surface area contributed by atoms with E-state index < -0.39 is 0 Å². The second-order valence-electron chi connectivity index (χ2n) is 16.2. The van der Waals surface area contributed by atoms with E-state index in [9.17, 15) is 0 Å². The largest absolute Gasteiger partial charge is 0.310 e. The SMILES string of the molecule is c1ccc(-c2ccc(N(c3cc(-c4ccc(-n5c6ccccc6c6ccccc65)cc4)cc(N(c4ccccc4)c4ccccc4)c3)c3ccc4sc5ccccc5c4c3)cc2)cc1. The Hall–Kier alpha value is -8.18. The molecule has 3 nitrogen and oxygen atoms in total. The first-order valence-corrected chi connectivity index (χ1v) is 22.6. The van der Waals surface area contributed by atoms with Gasteiger partial charge in [-0.05, 0) is 125 Å². The van der Waals surface area contributed by atoms with Crippen LogP contribution in [-0.4, -0.2) is 4.57 Å². The zero-order valence-corrected chi connectivity index (χ0v) is 35.7. The average Bonchev–Trinajstić information content (AvgIpc) is 3.91. The third-order valence-electron chi connectivity index (χ3n) is 12.3. The minimum atomic E-state index is 1.06. The van der Waals surface area contributed by atoms with Crippen molar-refractivity contribution in [3.63, 3.8) is 0 Å². The van der Waals surface area contributed by atoms with Crippen LogP contribution in [0.5, 0.6) is 0 Å². The Labute approximate surface area is 376 Å². The summed E-state index contributed by atoms with van der Waals surface area (Å²) in [5.74, 6) is 0. The molecular weight excluding hydrogens is 795 g/mol. The smallest absolute Gasteiger partial charge is 0.0541 e. The minimum absolute atomic E-state index is 1.06. The summed E-state index contributed by atoms with van der Waals surface area (Å²) in [7, 11) is 0. The molecule has 2 heterocycles. The van der Waals surface area contributed by atoms with Crippen molar-refractivity contribution in [3.8, 4) is 27.9 Å². The summed E-state index contributed by atoms with van der Waals surface area (Å²) in [6, 6.07) is 90.2. The van der Waals surface area contributed by atoms with E-state index in [0.717, 1.165) is 50.9 Å². The van der Waals surface area contributed by atoms with Gasteiger partial charge in [0.05, 0.1) is 11.0 Å². The number of benzene rings is 10. The van der Waals surface area contributed by atoms with Crippen LogP contribution in [0.4, 0.5) is 34.1 Å². The first-order valence-electron chi connectivity index (χ1n) is 21.7. The van der Waals surface area contributed by atoms with Crippen molar-refractivity contribution in [3.05, 3.63) is 249 Å². The van der Waals surface area contributed by atoms with Gasteiger partial charge in [-0.15, -0.1) is 11.3 Å². The van der Waals surface area contributed by atoms with Crippen LogP contribution in [0.1, 0.15) is 0 Å². The summed E-state index contributed by atoms with van der Waals surface area (Å²) in [5.41, 5.74) is 14.6. The number of fused-ring (bicyclic) bond motifs is 6. The zero-order chi connectivity index (χ0) is 42.4. The van der Waals surface area contributed by atoms with Gasteiger partial charge >= 0.3 is 0 Å². The van der Waals surface area contributed by atoms with E-state index in [-0.39, 0.29) is 0 Å². The van der Waals surface area contributed by atoms with Gasteiger partial charge < -0.3 is 14.4 Å². The van der Waals surface area contributed by atoms with Gasteiger partial charge in [-0.25, -0.2) is 0 Å². The Kier molecular flexibility index (Phi) is 9.36. The maximum Gasteiger partial charge on any atom is 0.0541 e. The standard InChI is InChI=1S/C60H41N3S/c1-4-16-42(17-5-1)43-28-32-48(33-29-43)62(50-36-37-60-56(41-50)55-24-12-15-27-59(55)64-60)52-39-45(38-51(40-52)61(46-18-6-2-7-19-46)47-20-8-3-9-21-47)44-30-34-49(35-31-44)63-57-25-13-10-22-53(57)54-23-11-14-26-58(54)63/h1-41H. The number of aromatic nitrogens is 1. The fourth-order valence-corrected chi connectivity index (χ4v) is 10.4. The highest BCUT2D eigenvalue weighted by molar-refractivity contribution is 7.25. The van der Waals surface area contributed by atoms with Gasteiger partial charge in [-0.2, -0.15) is 0 Å². The molecule has 0 fully saturated rings. The number of anilines is 6. The first kappa shape index (κ1) is 37.6. The Morgan fingerprint density at radius 1 is 0.266 bits per heavy atom. The fourth-order valence-electron chi connectivity index (χ4n) is 9.36. The monoisotopic (exact) mass is 835 g/mol. The van der Waals surface area contributed by atoms with Crippen LogP contribution >= 0.6 is 11.3 Å². The molecule has 0 saturated carbocycles. The summed E-state index contributed by atoms with van der Waals surface area (Å²) in [5, 5.41) is 5.05. The summed E-state index contributed by atoms with van der Waals surface area (Å²) in [6.45, 7) is 0. The van der Waals surface area contributed by atoms with Crippen LogP contribution in [0.3, 0.4) is 0 Å². The molecule has 64 heavy (non-hydrogen) atoms. The molecule has 0 radical (unpaired) electrons. The normalized spacial score (nSPS) is 11.4. The first-order chi connectivity index (χ1) is 31.7. The van der Waals surface area contributed by atoms with E-state index in [1.54, 1.807) is 0 Å². The third kappa shape index (κ3) is 6.69. The number of nitrogens with zero attached hydrogens (tertiary/aromatic N) is 3. The molecule has 302 valence electrons. The molecule has 0 unspecified atom stereocenters. The molecular formula is C60H41N3S. The lowest BCUT2D eigenvalue weighted by molar-refractivity contribution is 1.18. The lowest BCUT2D eigenvalue weighted by Crippen LogP contribution is -2.13. The molecule has 12 rings (SSSR count). The Morgan fingerprint density at radius 2 is 0.703 bits per heavy atom. The Bertz CT molecular complexity index is 3500. The number of rotatable bonds is 9. The van der Waals surface area contributed by atoms with Gasteiger partial charge in [0.1, 0.15) is 0 Å². The van der Waals surface area contributed by atoms with Crippen LogP contribution in [-0.2, 0) is 0 Å². The van der Waals surface area contributed by atoms with Crippen molar-refractivity contribution in [2.45, 2.75) is 0 Å². The van der Waals surface area contributed by atoms with Crippen molar-refractivity contribution in [2.24, 2.45) is 0 Å². The lowest BCUT2D eigenvalue weighted by Gasteiger charge is -2.30. The van der Waals surface area contributed by atoms with Gasteiger partial charge in [0.2, 0.25) is 0 Å². The average molecular weight is 836 g/mol. The quantitative estimate of drug-likeness (QED) is 0.143. The highest BCUT2D eigenvalue weighted by atomic mass is 32.1. The Balaban J connectivity index is 1.07. The summed E-state index contributed by atoms with van der Waals surface area (Å²) < 4.78 is 4.96. The zero-order valence-electron chi connectivity index (χ0n) is 34.9. The second kappa shape index (κ2) is 15.9. The third-order valence-corrected chi connectivity index (χ3v) is 13.5. The van der Waals surface area contributed by atoms with Crippen molar-refractivity contribution in [1.29, 1.82) is 0 Å². The number of thiophene rings is 1. The topological polar surface area (TPSA) is 11.4 Å². The summed E-state index contributed by atoms with van der Waals surface area (Å²) in [4.78, 5) is 4.79. The minimum Gasteiger partial charge on any atom is -0.310 e. The molecule has 0 bridgehead atoms. The predicted octanol–water partition coefficient (Wildman–Crippen LogP) is 17.4. The molecule has 0 aliphatic heterocycles. The molecule has 2 aromatic heterocycles. The van der Waals surface area contributed by atoms with E-state index in [4.69, 9.17) is 0 Å². The predicted molar refractivity (Wildman–Crippen MR) is 274 cm³/mol. The van der Waals surface area contributed by atoms with E-state index in [0.29, 0.717) is 0 Å². The molecule has 12 aromatic rings. The van der Waals surface area contributed by atoms with E-state index in [2.05, 4.69) is 263 Å². The van der Waals surface area contributed by atoms with Crippen molar-refractivity contribution >= 4 is 87.4 Å². The van der Waals surface area contributed by atoms with Gasteiger partial charge in [0, 0.05) is 70.8 Å². The molecule has 0 aliphatic rings. The van der Waals surface area contributed by atoms with Crippen LogP contribution in [0.2, 0.25) is 0 Å². The number of hydrogen-bond acceptors (Lipinski definition) is 3. The second-order valence-corrected chi connectivity index (χ2v) is 17.3. The highest BCUT2D eigenvalue weighted by Gasteiger charge is 2.21. The highest BCUT2D eigenvalue weighted by Crippen LogP contribution is 2.45. The molecule has 0 atom stereocenters. The van der Waals surface area contributed by atoms with E-state index in [1.807, 2.05) is 11.3 Å². The van der Waals surface area contributed by atoms with E-state index >= 15 is 0 Å². The molecule has 0 N–H and O–H groups in total. The molecule has 0 spiro atoms. The molecule has 0 amide bonds. The molecule has 4 heteroatoms. The van der Waals surface area contributed by atoms with Crippen LogP contribution in [0.25, 0.3) is 69.9 Å². The van der Waals surface area contributed by atoms with Crippen molar-refractivity contribution in [2.75, 3.05) is 9.80 Å². The maximum atomic E-state index is 2.42. The summed E-state index contributed by atoms with van der Waals surface area (Å²) in [6.07, 6.45) is 0. The van der Waals surface area contributed by atoms with Crippen LogP contribution in [0, 0.1) is 0 Å². The lowest BCUT2D eigenvalue weighted by atomic mass is 10.0. The van der Waals surface area contributed by atoms with Crippen LogP contribution in [0.15, 0.2) is 249 Å². The Morgan fingerprint density at radius 3 is 1.33 bits per heavy atom. The molecule has 10 aromatic carbocycles. The number of para-hydroxylation sites is 4. The fraction of sp³-hybridized carbons (Fsp3) is 0. The number of hydrogen-bond donors (Lipinski definition) is 0. The van der Waals surface area contributed by atoms with Crippen molar-refractivity contribution < 1.29 is 0 Å². The van der Waals surface area contributed by atoms with Gasteiger partial charge in [-0.3, -0.25) is 0 Å². The molecule has 0 saturated heterocycles. The maximum absolute atomic E-state index is 2.42. The summed E-state index contributed by atoms with van der Waals surface area (Å²) >= 11 is 1.85. The van der Waals surface area contributed by atoms with Gasteiger partial charge in [0.25, 0.3) is 0 Å².